The zero-order valence-corrected chi connectivity index (χ0v) is 19.2. The van der Waals surface area contributed by atoms with Crippen molar-refractivity contribution in [1.82, 2.24) is 16.0 Å². The average Bonchev–Trinajstić information content (AvgIpc) is 3.31. The fraction of sp³-hybridized carbons (Fsp3) is 0.429. The molecule has 3 rings (SSSR count). The Bertz CT molecular complexity index is 797. The number of carbonyl (C=O) groups is 1. The summed E-state index contributed by atoms with van der Waals surface area (Å²) in [6.45, 7) is 6.53. The van der Waals surface area contributed by atoms with E-state index in [1.165, 1.54) is 11.8 Å². The van der Waals surface area contributed by atoms with E-state index in [4.69, 9.17) is 9.15 Å². The summed E-state index contributed by atoms with van der Waals surface area (Å²) >= 11 is 0. The highest BCUT2D eigenvalue weighted by Gasteiger charge is 2.21. The molecule has 158 valence electrons. The zero-order chi connectivity index (χ0) is 19.8. The number of carbonyl (C=O) groups excluding carboxylic acids is 1. The van der Waals surface area contributed by atoms with Crippen molar-refractivity contribution in [1.29, 1.82) is 0 Å². The molecule has 2 heterocycles. The third kappa shape index (κ3) is 6.66. The Hall–Kier alpha value is -2.23. The summed E-state index contributed by atoms with van der Waals surface area (Å²) < 4.78 is 11.1. The third-order valence-electron chi connectivity index (χ3n) is 4.51. The average molecular weight is 512 g/mol. The summed E-state index contributed by atoms with van der Waals surface area (Å²) in [5, 5.41) is 9.40. The van der Waals surface area contributed by atoms with Crippen LogP contribution in [0, 0.1) is 6.92 Å². The fourth-order valence-electron chi connectivity index (χ4n) is 3.07. The van der Waals surface area contributed by atoms with Gasteiger partial charge in [-0.05, 0) is 38.0 Å². The van der Waals surface area contributed by atoms with Gasteiger partial charge >= 0.3 is 0 Å². The molecule has 1 atom stereocenters. The maximum absolute atomic E-state index is 12.0. The molecule has 0 fully saturated rings. The normalized spacial score (nSPS) is 15.1. The number of hydrogen-bond donors (Lipinski definition) is 3. The van der Waals surface area contributed by atoms with Gasteiger partial charge in [-0.15, -0.1) is 24.0 Å². The number of halogens is 1. The van der Waals surface area contributed by atoms with Crippen LogP contribution in [0.4, 0.5) is 0 Å². The number of fused-ring (bicyclic) bond motifs is 1. The number of aliphatic imine (C=N–C) groups is 1. The number of aryl methyl sites for hydroxylation is 1. The first-order chi connectivity index (χ1) is 13.7. The van der Waals surface area contributed by atoms with Gasteiger partial charge in [-0.3, -0.25) is 4.79 Å². The minimum absolute atomic E-state index is 0. The highest BCUT2D eigenvalue weighted by Crippen LogP contribution is 2.28. The highest BCUT2D eigenvalue weighted by atomic mass is 127. The maximum Gasteiger partial charge on any atom is 0.287 e. The van der Waals surface area contributed by atoms with E-state index in [0.29, 0.717) is 25.4 Å². The molecule has 1 aliphatic heterocycles. The predicted octanol–water partition coefficient (Wildman–Crippen LogP) is 2.88. The Labute approximate surface area is 188 Å². The Kier molecular flexibility index (Phi) is 9.30. The lowest BCUT2D eigenvalue weighted by Gasteiger charge is -2.13. The van der Waals surface area contributed by atoms with Gasteiger partial charge in [0, 0.05) is 31.6 Å². The molecule has 2 aromatic rings. The minimum atomic E-state index is -0.180. The summed E-state index contributed by atoms with van der Waals surface area (Å²) in [7, 11) is 0. The van der Waals surface area contributed by atoms with Crippen LogP contribution < -0.4 is 20.7 Å². The van der Waals surface area contributed by atoms with Gasteiger partial charge in [-0.1, -0.05) is 18.2 Å². The van der Waals surface area contributed by atoms with Crippen LogP contribution in [0.15, 0.2) is 46.0 Å². The lowest BCUT2D eigenvalue weighted by molar-refractivity contribution is 0.0925. The zero-order valence-electron chi connectivity index (χ0n) is 16.9. The molecule has 0 saturated heterocycles. The summed E-state index contributed by atoms with van der Waals surface area (Å²) in [6, 6.07) is 9.90. The molecule has 0 aliphatic carbocycles. The van der Waals surface area contributed by atoms with Gasteiger partial charge in [-0.2, -0.15) is 0 Å². The van der Waals surface area contributed by atoms with Crippen molar-refractivity contribution in [3.63, 3.8) is 0 Å². The number of ether oxygens (including phenoxy) is 1. The van der Waals surface area contributed by atoms with Crippen LogP contribution in [-0.2, 0) is 6.42 Å². The molecule has 3 N–H and O–H groups in total. The van der Waals surface area contributed by atoms with Crippen LogP contribution in [0.1, 0.15) is 35.0 Å². The fourth-order valence-corrected chi connectivity index (χ4v) is 3.07. The van der Waals surface area contributed by atoms with Crippen LogP contribution in [0.25, 0.3) is 0 Å². The molecule has 0 spiro atoms. The van der Waals surface area contributed by atoms with Gasteiger partial charge in [0.1, 0.15) is 11.9 Å². The molecule has 1 aliphatic rings. The molecule has 0 radical (unpaired) electrons. The van der Waals surface area contributed by atoms with Crippen molar-refractivity contribution in [2.24, 2.45) is 4.99 Å². The van der Waals surface area contributed by atoms with Crippen molar-refractivity contribution >= 4 is 35.8 Å². The second-order valence-corrected chi connectivity index (χ2v) is 6.74. The highest BCUT2D eigenvalue weighted by molar-refractivity contribution is 14.0. The topological polar surface area (TPSA) is 87.9 Å². The van der Waals surface area contributed by atoms with E-state index >= 15 is 0 Å². The van der Waals surface area contributed by atoms with Crippen LogP contribution in [0.3, 0.4) is 0 Å². The molecule has 1 aromatic heterocycles. The lowest BCUT2D eigenvalue weighted by Crippen LogP contribution is -2.39. The molecular weight excluding hydrogens is 483 g/mol. The standard InChI is InChI=1S/C21H28N4O3.HI/c1-3-22-21(25-14-17-13-16-7-4-5-8-18(16)28-17)24-11-6-10-23-20(26)19-15(2)9-12-27-19;/h4-5,7-9,12,17H,3,6,10-11,13-14H2,1-2H3,(H,23,26)(H2,22,24,25);1H. The largest absolute Gasteiger partial charge is 0.488 e. The first-order valence-electron chi connectivity index (χ1n) is 9.76. The van der Waals surface area contributed by atoms with Gasteiger partial charge in [0.15, 0.2) is 11.7 Å². The van der Waals surface area contributed by atoms with Gasteiger partial charge < -0.3 is 25.1 Å². The van der Waals surface area contributed by atoms with Gasteiger partial charge in [-0.25, -0.2) is 4.99 Å². The van der Waals surface area contributed by atoms with Gasteiger partial charge in [0.05, 0.1) is 12.8 Å². The molecule has 7 nitrogen and oxygen atoms in total. The first-order valence-corrected chi connectivity index (χ1v) is 9.76. The van der Waals surface area contributed by atoms with E-state index in [0.717, 1.165) is 36.7 Å². The van der Waals surface area contributed by atoms with E-state index in [1.807, 2.05) is 32.0 Å². The summed E-state index contributed by atoms with van der Waals surface area (Å²) in [5.74, 6) is 1.92. The Morgan fingerprint density at radius 2 is 1.97 bits per heavy atom. The number of nitrogens with one attached hydrogen (secondary N) is 3. The molecular formula is C21H29IN4O3. The van der Waals surface area contributed by atoms with E-state index in [9.17, 15) is 4.79 Å². The number of benzene rings is 1. The Morgan fingerprint density at radius 3 is 2.69 bits per heavy atom. The third-order valence-corrected chi connectivity index (χ3v) is 4.51. The van der Waals surface area contributed by atoms with Gasteiger partial charge in [0.25, 0.3) is 5.91 Å². The van der Waals surface area contributed by atoms with Crippen molar-refractivity contribution in [3.05, 3.63) is 53.5 Å². The number of rotatable bonds is 8. The summed E-state index contributed by atoms with van der Waals surface area (Å²) in [6.07, 6.45) is 3.26. The van der Waals surface area contributed by atoms with Crippen molar-refractivity contribution in [2.45, 2.75) is 32.8 Å². The van der Waals surface area contributed by atoms with E-state index in [2.05, 4.69) is 27.0 Å². The molecule has 1 aromatic carbocycles. The second-order valence-electron chi connectivity index (χ2n) is 6.74. The number of furan rings is 1. The molecule has 0 saturated carbocycles. The molecule has 1 unspecified atom stereocenters. The first kappa shape index (κ1) is 23.1. The molecule has 0 bridgehead atoms. The number of nitrogens with zero attached hydrogens (tertiary/aromatic N) is 1. The van der Waals surface area contributed by atoms with Crippen molar-refractivity contribution in [3.8, 4) is 5.75 Å². The van der Waals surface area contributed by atoms with Crippen molar-refractivity contribution < 1.29 is 13.9 Å². The van der Waals surface area contributed by atoms with Crippen LogP contribution in [0.2, 0.25) is 0 Å². The maximum atomic E-state index is 12.0. The second kappa shape index (κ2) is 11.7. The molecule has 29 heavy (non-hydrogen) atoms. The quantitative estimate of drug-likeness (QED) is 0.219. The number of guanidine groups is 1. The van der Waals surface area contributed by atoms with Crippen LogP contribution in [-0.4, -0.2) is 44.1 Å². The van der Waals surface area contributed by atoms with E-state index in [-0.39, 0.29) is 36.0 Å². The smallest absolute Gasteiger partial charge is 0.287 e. The molecule has 1 amide bonds. The SMILES string of the molecule is CCNC(=NCC1Cc2ccccc2O1)NCCCNC(=O)c1occc1C.I. The minimum Gasteiger partial charge on any atom is -0.488 e. The van der Waals surface area contributed by atoms with Crippen molar-refractivity contribution in [2.75, 3.05) is 26.2 Å². The molecule has 8 heteroatoms. The summed E-state index contributed by atoms with van der Waals surface area (Å²) in [5.41, 5.74) is 2.08. The Morgan fingerprint density at radius 1 is 1.17 bits per heavy atom. The number of hydrogen-bond acceptors (Lipinski definition) is 4. The lowest BCUT2D eigenvalue weighted by atomic mass is 10.1. The van der Waals surface area contributed by atoms with E-state index < -0.39 is 0 Å². The van der Waals surface area contributed by atoms with E-state index in [1.54, 1.807) is 6.07 Å². The van der Waals surface area contributed by atoms with Crippen LogP contribution >= 0.6 is 24.0 Å². The van der Waals surface area contributed by atoms with Crippen LogP contribution in [0.5, 0.6) is 5.75 Å². The predicted molar refractivity (Wildman–Crippen MR) is 124 cm³/mol. The number of para-hydroxylation sites is 1. The number of amides is 1. The van der Waals surface area contributed by atoms with Gasteiger partial charge in [0.2, 0.25) is 0 Å². The Balaban J connectivity index is 0.00000300. The monoisotopic (exact) mass is 512 g/mol. The summed E-state index contributed by atoms with van der Waals surface area (Å²) in [4.78, 5) is 16.6.